The number of carbonyl (C=O) groups excluding carboxylic acids is 2. The number of ether oxygens (including phenoxy) is 6. The van der Waals surface area contributed by atoms with Crippen molar-refractivity contribution >= 4 is 37.2 Å². The number of aliphatic hydroxyl groups excluding tert-OH is 1. The Morgan fingerprint density at radius 2 is 1.66 bits per heavy atom. The number of rotatable bonds is 14. The highest BCUT2D eigenvalue weighted by atomic mass is 31.2. The van der Waals surface area contributed by atoms with Crippen molar-refractivity contribution in [3.63, 3.8) is 0 Å². The average Bonchev–Trinajstić information content (AvgIpc) is 3.39. The summed E-state index contributed by atoms with van der Waals surface area (Å²) in [6.45, 7) is 5.12. The third-order valence-electron chi connectivity index (χ3n) is 5.53. The van der Waals surface area contributed by atoms with Gasteiger partial charge in [0, 0.05) is 0 Å². The quantitative estimate of drug-likeness (QED) is 0.169. The van der Waals surface area contributed by atoms with Crippen LogP contribution in [-0.4, -0.2) is 93.6 Å². The summed E-state index contributed by atoms with van der Waals surface area (Å²) < 4.78 is 90.1. The number of phosphoric acid groups is 1. The van der Waals surface area contributed by atoms with E-state index < -0.39 is 76.4 Å². The van der Waals surface area contributed by atoms with Gasteiger partial charge in [0.05, 0.1) is 25.1 Å². The number of imidazole rings is 1. The largest absolute Gasteiger partial charge is 0.510 e. The monoisotopic (exact) mass is 657 g/mol. The third-order valence-corrected chi connectivity index (χ3v) is 6.82. The zero-order chi connectivity index (χ0) is 32.9. The number of phosphoric ester groups is 1. The van der Waals surface area contributed by atoms with Gasteiger partial charge in [-0.25, -0.2) is 37.0 Å². The fourth-order valence-corrected chi connectivity index (χ4v) is 4.61. The molecule has 1 saturated heterocycles. The Balaban J connectivity index is 1.80. The Bertz CT molecular complexity index is 1330. The molecule has 4 atom stereocenters. The first-order valence-electron chi connectivity index (χ1n) is 13.1. The summed E-state index contributed by atoms with van der Waals surface area (Å²) in [5.41, 5.74) is 2.78. The number of nitrogens with zero attached hydrogens (tertiary/aromatic N) is 4. The second kappa shape index (κ2) is 14.1. The van der Waals surface area contributed by atoms with Crippen LogP contribution >= 0.6 is 7.82 Å². The van der Waals surface area contributed by atoms with Gasteiger partial charge < -0.3 is 39.3 Å². The van der Waals surface area contributed by atoms with Crippen molar-refractivity contribution in [3.8, 4) is 5.88 Å². The molecule has 0 aromatic carbocycles. The molecule has 1 aliphatic heterocycles. The average molecular weight is 658 g/mol. The highest BCUT2D eigenvalue weighted by molar-refractivity contribution is 7.48. The minimum Gasteiger partial charge on any atom is -0.476 e. The van der Waals surface area contributed by atoms with Crippen LogP contribution in [0.5, 0.6) is 5.88 Å². The lowest BCUT2D eigenvalue weighted by atomic mass is 9.97. The van der Waals surface area contributed by atoms with E-state index in [1.54, 1.807) is 6.92 Å². The second-order valence-corrected chi connectivity index (χ2v) is 11.5. The molecule has 0 saturated carbocycles. The molecule has 2 aromatic rings. The van der Waals surface area contributed by atoms with Crippen LogP contribution in [-0.2, 0) is 41.8 Å². The normalized spacial score (nSPS) is 23.7. The summed E-state index contributed by atoms with van der Waals surface area (Å²) in [5.74, 6) is -3.70. The topological polar surface area (TPSA) is 224 Å². The van der Waals surface area contributed by atoms with Crippen molar-refractivity contribution in [1.29, 1.82) is 0 Å². The Morgan fingerprint density at radius 3 is 2.18 bits per heavy atom. The summed E-state index contributed by atoms with van der Waals surface area (Å²) in [6, 6.07) is 0. The van der Waals surface area contributed by atoms with Gasteiger partial charge in [-0.05, 0) is 41.5 Å². The summed E-state index contributed by atoms with van der Waals surface area (Å²) >= 11 is 0. The number of hydrogen-bond donors (Lipinski definition) is 2. The molecule has 3 N–H and O–H groups in total. The number of hydrogen-bond acceptors (Lipinski definition) is 17. The molecular weight excluding hydrogens is 623 g/mol. The summed E-state index contributed by atoms with van der Waals surface area (Å²) in [6.07, 6.45) is -7.03. The lowest BCUT2D eigenvalue weighted by molar-refractivity contribution is -0.205. The smallest absolute Gasteiger partial charge is 0.476 e. The molecule has 4 unspecified atom stereocenters. The Morgan fingerprint density at radius 1 is 1.09 bits per heavy atom. The van der Waals surface area contributed by atoms with Crippen LogP contribution in [0, 0.1) is 0 Å². The van der Waals surface area contributed by atoms with Crippen LogP contribution in [0.4, 0.5) is 24.3 Å². The van der Waals surface area contributed by atoms with E-state index in [0.717, 1.165) is 17.8 Å². The molecular formula is C23H34F2N5O13P. The molecule has 21 heteroatoms. The van der Waals surface area contributed by atoms with Gasteiger partial charge in [-0.3, -0.25) is 9.09 Å². The van der Waals surface area contributed by atoms with Crippen molar-refractivity contribution < 1.29 is 70.0 Å². The van der Waals surface area contributed by atoms with Gasteiger partial charge in [0.25, 0.3) is 5.85 Å². The Labute approximate surface area is 249 Å². The van der Waals surface area contributed by atoms with Gasteiger partial charge in [0.2, 0.25) is 25.4 Å². The molecule has 248 valence electrons. The fourth-order valence-electron chi connectivity index (χ4n) is 3.69. The maximum Gasteiger partial charge on any atom is 0.510 e. The van der Waals surface area contributed by atoms with Gasteiger partial charge in [-0.1, -0.05) is 0 Å². The Kier molecular flexibility index (Phi) is 11.3. The molecule has 3 rings (SSSR count). The maximum atomic E-state index is 16.0. The van der Waals surface area contributed by atoms with Gasteiger partial charge in [0.1, 0.15) is 6.61 Å². The summed E-state index contributed by atoms with van der Waals surface area (Å²) in [5, 5.41) is 10.7. The van der Waals surface area contributed by atoms with E-state index in [9.17, 15) is 19.3 Å². The first kappa shape index (κ1) is 35.1. The number of nitrogen functional groups attached to an aromatic ring is 1. The van der Waals surface area contributed by atoms with Crippen LogP contribution in [0.2, 0.25) is 0 Å². The number of alkyl halides is 2. The maximum absolute atomic E-state index is 16.0. The number of carbonyl (C=O) groups is 2. The van der Waals surface area contributed by atoms with Crippen molar-refractivity contribution in [2.24, 2.45) is 0 Å². The molecule has 3 heterocycles. The number of anilines is 1. The van der Waals surface area contributed by atoms with Crippen molar-refractivity contribution in [1.82, 2.24) is 19.5 Å². The molecule has 0 spiro atoms. The van der Waals surface area contributed by atoms with E-state index in [0.29, 0.717) is 0 Å². The molecule has 0 aliphatic carbocycles. The van der Waals surface area contributed by atoms with E-state index >= 15 is 8.78 Å². The first-order valence-corrected chi connectivity index (χ1v) is 14.5. The minimum atomic E-state index is -5.00. The minimum absolute atomic E-state index is 0.0306. The zero-order valence-corrected chi connectivity index (χ0v) is 25.5. The standard InChI is InChI=1S/C23H34F2N5O13P/c1-7-35-16-14-15(28-19(26)29-16)30(9-27-14)18-22(6,24)17(31)23(25,43-18)8-38-44(34,39-10-36-20(32)41-12(2)3)40-11-37-21(33)42-13(4)5/h9,12-13,17-18,31H,7-8,10-11H2,1-6H3,(H2,26,28,29). The Hall–Kier alpha value is -3.42. The van der Waals surface area contributed by atoms with Crippen LogP contribution < -0.4 is 10.5 Å². The van der Waals surface area contributed by atoms with Crippen molar-refractivity contribution in [3.05, 3.63) is 6.33 Å². The molecule has 0 amide bonds. The van der Waals surface area contributed by atoms with Crippen LogP contribution in [0.15, 0.2) is 6.33 Å². The molecule has 18 nitrogen and oxygen atoms in total. The van der Waals surface area contributed by atoms with E-state index in [-0.39, 0.29) is 29.6 Å². The second-order valence-electron chi connectivity index (χ2n) is 9.79. The predicted octanol–water partition coefficient (Wildman–Crippen LogP) is 3.29. The van der Waals surface area contributed by atoms with E-state index in [1.807, 2.05) is 0 Å². The lowest BCUT2D eigenvalue weighted by Gasteiger charge is -2.26. The molecule has 1 aliphatic rings. The predicted molar refractivity (Wildman–Crippen MR) is 141 cm³/mol. The highest BCUT2D eigenvalue weighted by Crippen LogP contribution is 2.54. The molecule has 44 heavy (non-hydrogen) atoms. The van der Waals surface area contributed by atoms with Gasteiger partial charge in [-0.15, -0.1) is 0 Å². The number of halogens is 2. The van der Waals surface area contributed by atoms with Gasteiger partial charge in [0.15, 0.2) is 29.2 Å². The first-order chi connectivity index (χ1) is 20.5. The van der Waals surface area contributed by atoms with E-state index in [1.165, 1.54) is 27.7 Å². The lowest BCUT2D eigenvalue weighted by Crippen LogP contribution is -2.46. The number of aromatic nitrogens is 4. The highest BCUT2D eigenvalue weighted by Gasteiger charge is 2.65. The third kappa shape index (κ3) is 8.39. The molecule has 2 aromatic heterocycles. The van der Waals surface area contributed by atoms with Gasteiger partial charge in [-0.2, -0.15) is 9.97 Å². The van der Waals surface area contributed by atoms with E-state index in [4.69, 9.17) is 38.3 Å². The van der Waals surface area contributed by atoms with Crippen LogP contribution in [0.1, 0.15) is 47.8 Å². The number of nitrogens with two attached hydrogens (primary N) is 1. The van der Waals surface area contributed by atoms with E-state index in [2.05, 4.69) is 24.4 Å². The van der Waals surface area contributed by atoms with Gasteiger partial charge >= 0.3 is 20.1 Å². The summed E-state index contributed by atoms with van der Waals surface area (Å²) in [4.78, 5) is 35.2. The SMILES string of the molecule is CCOc1nc(N)nc2c1ncn2C1OC(F)(COP(=O)(OCOC(=O)OC(C)C)OCOC(=O)OC(C)C)C(O)C1(C)F. The van der Waals surface area contributed by atoms with Crippen LogP contribution in [0.25, 0.3) is 11.2 Å². The molecule has 0 radical (unpaired) electrons. The fraction of sp³-hybridized carbons (Fsp3) is 0.696. The summed E-state index contributed by atoms with van der Waals surface area (Å²) in [7, 11) is -5.00. The van der Waals surface area contributed by atoms with Crippen molar-refractivity contribution in [2.45, 2.75) is 77.6 Å². The van der Waals surface area contributed by atoms with Crippen LogP contribution in [0.3, 0.4) is 0 Å². The molecule has 0 bridgehead atoms. The van der Waals surface area contributed by atoms with Crippen molar-refractivity contribution in [2.75, 3.05) is 32.5 Å². The zero-order valence-electron chi connectivity index (χ0n) is 24.6. The number of fused-ring (bicyclic) bond motifs is 1. The molecule has 1 fully saturated rings. The number of aliphatic hydroxyl groups is 1.